The van der Waals surface area contributed by atoms with Gasteiger partial charge in [-0.3, -0.25) is 4.79 Å². The molecule has 1 N–H and O–H groups in total. The summed E-state index contributed by atoms with van der Waals surface area (Å²) in [6.45, 7) is 2.91. The predicted octanol–water partition coefficient (Wildman–Crippen LogP) is 3.64. The van der Waals surface area contributed by atoms with Crippen molar-refractivity contribution in [2.24, 2.45) is 0 Å². The SMILES string of the molecule is CCC1CCCCN1C(=O)c1cnc(Nc2cc(OC)ccc2OC)cn1. The van der Waals surface area contributed by atoms with Gasteiger partial charge in [0.15, 0.2) is 0 Å². The molecule has 7 nitrogen and oxygen atoms in total. The smallest absolute Gasteiger partial charge is 0.274 e. The standard InChI is InChI=1S/C20H26N4O3/c1-4-14-7-5-6-10-24(14)20(25)17-12-22-19(13-21-17)23-16-11-15(26-2)8-9-18(16)27-3/h8-9,11-14H,4-7,10H2,1-3H3,(H,22,23). The number of methoxy groups -OCH3 is 2. The molecule has 0 spiro atoms. The summed E-state index contributed by atoms with van der Waals surface area (Å²) in [4.78, 5) is 23.4. The molecular weight excluding hydrogens is 344 g/mol. The number of aromatic nitrogens is 2. The van der Waals surface area contributed by atoms with E-state index in [-0.39, 0.29) is 5.91 Å². The Morgan fingerprint density at radius 2 is 2.07 bits per heavy atom. The van der Waals surface area contributed by atoms with E-state index in [1.807, 2.05) is 23.1 Å². The first-order valence-electron chi connectivity index (χ1n) is 9.28. The Hall–Kier alpha value is -2.83. The van der Waals surface area contributed by atoms with Crippen LogP contribution in [0, 0.1) is 0 Å². The minimum Gasteiger partial charge on any atom is -0.497 e. The Balaban J connectivity index is 1.75. The normalized spacial score (nSPS) is 16.7. The second-order valence-electron chi connectivity index (χ2n) is 6.53. The first-order valence-corrected chi connectivity index (χ1v) is 9.28. The van der Waals surface area contributed by atoms with Gasteiger partial charge in [-0.05, 0) is 37.8 Å². The van der Waals surface area contributed by atoms with E-state index in [0.717, 1.165) is 25.8 Å². The summed E-state index contributed by atoms with van der Waals surface area (Å²) in [5.41, 5.74) is 1.09. The van der Waals surface area contributed by atoms with Gasteiger partial charge >= 0.3 is 0 Å². The third-order valence-electron chi connectivity index (χ3n) is 4.90. The van der Waals surface area contributed by atoms with Crippen molar-refractivity contribution in [2.45, 2.75) is 38.6 Å². The highest BCUT2D eigenvalue weighted by molar-refractivity contribution is 5.92. The molecule has 0 radical (unpaired) electrons. The predicted molar refractivity (Wildman–Crippen MR) is 104 cm³/mol. The Morgan fingerprint density at radius 1 is 1.22 bits per heavy atom. The lowest BCUT2D eigenvalue weighted by atomic mass is 10.00. The quantitative estimate of drug-likeness (QED) is 0.836. The zero-order valence-corrected chi connectivity index (χ0v) is 16.1. The number of anilines is 2. The largest absolute Gasteiger partial charge is 0.497 e. The molecule has 1 aliphatic heterocycles. The maximum Gasteiger partial charge on any atom is 0.274 e. The third-order valence-corrected chi connectivity index (χ3v) is 4.90. The first kappa shape index (κ1) is 18.9. The van der Waals surface area contributed by atoms with Crippen LogP contribution in [-0.4, -0.2) is 47.6 Å². The molecular formula is C20H26N4O3. The van der Waals surface area contributed by atoms with Crippen molar-refractivity contribution in [3.05, 3.63) is 36.3 Å². The van der Waals surface area contributed by atoms with Gasteiger partial charge in [0.25, 0.3) is 5.91 Å². The lowest BCUT2D eigenvalue weighted by Crippen LogP contribution is -2.43. The Morgan fingerprint density at radius 3 is 2.74 bits per heavy atom. The summed E-state index contributed by atoms with van der Waals surface area (Å²) >= 11 is 0. The molecule has 1 aliphatic rings. The molecule has 1 aromatic heterocycles. The lowest BCUT2D eigenvalue weighted by Gasteiger charge is -2.34. The minimum absolute atomic E-state index is 0.0421. The van der Waals surface area contributed by atoms with Gasteiger partial charge in [0.05, 0.1) is 32.3 Å². The van der Waals surface area contributed by atoms with Gasteiger partial charge in [0, 0.05) is 18.7 Å². The van der Waals surface area contributed by atoms with Crippen molar-refractivity contribution in [1.82, 2.24) is 14.9 Å². The number of nitrogens with one attached hydrogen (secondary N) is 1. The van der Waals surface area contributed by atoms with Crippen LogP contribution < -0.4 is 14.8 Å². The zero-order valence-electron chi connectivity index (χ0n) is 16.1. The molecule has 1 fully saturated rings. The van der Waals surface area contributed by atoms with E-state index < -0.39 is 0 Å². The highest BCUT2D eigenvalue weighted by Gasteiger charge is 2.27. The van der Waals surface area contributed by atoms with Crippen LogP contribution in [0.1, 0.15) is 43.1 Å². The van der Waals surface area contributed by atoms with Crippen molar-refractivity contribution in [1.29, 1.82) is 0 Å². The van der Waals surface area contributed by atoms with Crippen LogP contribution in [0.3, 0.4) is 0 Å². The molecule has 2 aromatic rings. The molecule has 1 unspecified atom stereocenters. The van der Waals surface area contributed by atoms with Crippen LogP contribution >= 0.6 is 0 Å². The second-order valence-corrected chi connectivity index (χ2v) is 6.53. The summed E-state index contributed by atoms with van der Waals surface area (Å²) in [5.74, 6) is 1.86. The van der Waals surface area contributed by atoms with Crippen molar-refractivity contribution in [2.75, 3.05) is 26.1 Å². The Bertz CT molecular complexity index is 779. The third kappa shape index (κ3) is 4.30. The Kier molecular flexibility index (Phi) is 6.11. The van der Waals surface area contributed by atoms with Gasteiger partial charge in [-0.2, -0.15) is 0 Å². The molecule has 1 atom stereocenters. The topological polar surface area (TPSA) is 76.6 Å². The van der Waals surface area contributed by atoms with Crippen LogP contribution in [0.4, 0.5) is 11.5 Å². The number of benzene rings is 1. The number of hydrogen-bond donors (Lipinski definition) is 1. The molecule has 0 aliphatic carbocycles. The molecule has 27 heavy (non-hydrogen) atoms. The number of piperidine rings is 1. The maximum atomic E-state index is 12.8. The molecule has 7 heteroatoms. The van der Waals surface area contributed by atoms with Gasteiger partial charge in [-0.25, -0.2) is 9.97 Å². The minimum atomic E-state index is -0.0421. The number of ether oxygens (including phenoxy) is 2. The summed E-state index contributed by atoms with van der Waals surface area (Å²) in [6.07, 6.45) is 7.35. The summed E-state index contributed by atoms with van der Waals surface area (Å²) in [5, 5.41) is 3.16. The molecule has 1 saturated heterocycles. The van der Waals surface area contributed by atoms with Crippen molar-refractivity contribution in [3.8, 4) is 11.5 Å². The van der Waals surface area contributed by atoms with E-state index in [1.165, 1.54) is 12.6 Å². The van der Waals surface area contributed by atoms with E-state index in [2.05, 4.69) is 22.2 Å². The van der Waals surface area contributed by atoms with Crippen LogP contribution in [0.5, 0.6) is 11.5 Å². The van der Waals surface area contributed by atoms with Gasteiger partial charge in [0.1, 0.15) is 23.0 Å². The van der Waals surface area contributed by atoms with E-state index in [4.69, 9.17) is 9.47 Å². The van der Waals surface area contributed by atoms with E-state index in [1.54, 1.807) is 20.4 Å². The number of carbonyl (C=O) groups excluding carboxylic acids is 1. The van der Waals surface area contributed by atoms with Crippen LogP contribution in [0.25, 0.3) is 0 Å². The number of nitrogens with zero attached hydrogens (tertiary/aromatic N) is 3. The zero-order chi connectivity index (χ0) is 19.2. The number of rotatable bonds is 6. The van der Waals surface area contributed by atoms with Crippen molar-refractivity contribution < 1.29 is 14.3 Å². The summed E-state index contributed by atoms with van der Waals surface area (Å²) < 4.78 is 10.6. The first-order chi connectivity index (χ1) is 13.2. The number of hydrogen-bond acceptors (Lipinski definition) is 6. The molecule has 0 bridgehead atoms. The fourth-order valence-corrected chi connectivity index (χ4v) is 3.39. The fraction of sp³-hybridized carbons (Fsp3) is 0.450. The summed E-state index contributed by atoms with van der Waals surface area (Å²) in [7, 11) is 3.21. The lowest BCUT2D eigenvalue weighted by molar-refractivity contribution is 0.0601. The van der Waals surface area contributed by atoms with E-state index >= 15 is 0 Å². The number of carbonyl (C=O) groups is 1. The molecule has 144 valence electrons. The molecule has 2 heterocycles. The summed E-state index contributed by atoms with van der Waals surface area (Å²) in [6, 6.07) is 5.75. The van der Waals surface area contributed by atoms with E-state index in [0.29, 0.717) is 34.7 Å². The number of likely N-dealkylation sites (tertiary alicyclic amines) is 1. The molecule has 3 rings (SSSR count). The van der Waals surface area contributed by atoms with E-state index in [9.17, 15) is 4.79 Å². The average molecular weight is 370 g/mol. The van der Waals surface area contributed by atoms with Crippen LogP contribution in [-0.2, 0) is 0 Å². The van der Waals surface area contributed by atoms with Crippen molar-refractivity contribution in [3.63, 3.8) is 0 Å². The van der Waals surface area contributed by atoms with Gasteiger partial charge < -0.3 is 19.7 Å². The second kappa shape index (κ2) is 8.70. The maximum absolute atomic E-state index is 12.8. The van der Waals surface area contributed by atoms with Crippen LogP contribution in [0.2, 0.25) is 0 Å². The molecule has 1 amide bonds. The highest BCUT2D eigenvalue weighted by Crippen LogP contribution is 2.31. The number of amides is 1. The van der Waals surface area contributed by atoms with Crippen LogP contribution in [0.15, 0.2) is 30.6 Å². The molecule has 0 saturated carbocycles. The Labute approximate surface area is 159 Å². The average Bonchev–Trinajstić information content (AvgIpc) is 2.73. The molecule has 1 aromatic carbocycles. The fourth-order valence-electron chi connectivity index (χ4n) is 3.39. The van der Waals surface area contributed by atoms with Crippen molar-refractivity contribution >= 4 is 17.4 Å². The van der Waals surface area contributed by atoms with Gasteiger partial charge in [-0.15, -0.1) is 0 Å². The highest BCUT2D eigenvalue weighted by atomic mass is 16.5. The van der Waals surface area contributed by atoms with Gasteiger partial charge in [0.2, 0.25) is 0 Å². The monoisotopic (exact) mass is 370 g/mol. The van der Waals surface area contributed by atoms with Gasteiger partial charge in [-0.1, -0.05) is 6.92 Å².